The van der Waals surface area contributed by atoms with Gasteiger partial charge in [-0.25, -0.2) is 0 Å². The molecule has 110 valence electrons. The molecule has 0 spiro atoms. The molecule has 2 rings (SSSR count). The molecule has 1 fully saturated rings. The third kappa shape index (κ3) is 4.49. The number of ether oxygens (including phenoxy) is 1. The van der Waals surface area contributed by atoms with E-state index in [9.17, 15) is 4.79 Å². The molecule has 1 amide bonds. The van der Waals surface area contributed by atoms with Crippen molar-refractivity contribution >= 4 is 21.8 Å². The van der Waals surface area contributed by atoms with Crippen molar-refractivity contribution in [2.75, 3.05) is 0 Å². The number of rotatable bonds is 4. The van der Waals surface area contributed by atoms with E-state index in [1.54, 1.807) is 6.92 Å². The quantitative estimate of drug-likeness (QED) is 0.885. The lowest BCUT2D eigenvalue weighted by atomic mass is 9.92. The molecule has 0 aliphatic heterocycles. The number of hydrogen-bond acceptors (Lipinski definition) is 3. The van der Waals surface area contributed by atoms with Crippen LogP contribution in [0.5, 0.6) is 5.75 Å². The average molecular weight is 341 g/mol. The van der Waals surface area contributed by atoms with Crippen LogP contribution in [-0.4, -0.2) is 24.1 Å². The van der Waals surface area contributed by atoms with E-state index in [2.05, 4.69) is 21.2 Å². The molecule has 5 heteroatoms. The van der Waals surface area contributed by atoms with Crippen LogP contribution in [0.25, 0.3) is 0 Å². The molecule has 0 saturated heterocycles. The molecule has 4 nitrogen and oxygen atoms in total. The lowest BCUT2D eigenvalue weighted by Crippen LogP contribution is -2.45. The van der Waals surface area contributed by atoms with Crippen molar-refractivity contribution in [1.82, 2.24) is 5.32 Å². The summed E-state index contributed by atoms with van der Waals surface area (Å²) in [6.07, 6.45) is 3.37. The fourth-order valence-electron chi connectivity index (χ4n) is 2.38. The first-order chi connectivity index (χ1) is 9.54. The van der Waals surface area contributed by atoms with Crippen molar-refractivity contribution in [1.29, 1.82) is 0 Å². The van der Waals surface area contributed by atoms with Crippen LogP contribution < -0.4 is 15.8 Å². The Balaban J connectivity index is 1.83. The summed E-state index contributed by atoms with van der Waals surface area (Å²) in [5.41, 5.74) is 5.86. The fraction of sp³-hybridized carbons (Fsp3) is 0.533. The molecular formula is C15H21BrN2O2. The lowest BCUT2D eigenvalue weighted by Gasteiger charge is -2.27. The molecule has 1 aliphatic rings. The van der Waals surface area contributed by atoms with Gasteiger partial charge >= 0.3 is 0 Å². The van der Waals surface area contributed by atoms with E-state index < -0.39 is 6.10 Å². The number of benzene rings is 1. The predicted molar refractivity (Wildman–Crippen MR) is 82.6 cm³/mol. The number of halogens is 1. The van der Waals surface area contributed by atoms with E-state index in [1.807, 2.05) is 24.3 Å². The fourth-order valence-corrected chi connectivity index (χ4v) is 2.76. The van der Waals surface area contributed by atoms with Crippen molar-refractivity contribution in [3.8, 4) is 5.75 Å². The Morgan fingerprint density at radius 2 is 2.10 bits per heavy atom. The maximum atomic E-state index is 12.1. The monoisotopic (exact) mass is 340 g/mol. The van der Waals surface area contributed by atoms with Gasteiger partial charge in [0.25, 0.3) is 5.91 Å². The van der Waals surface area contributed by atoms with Crippen molar-refractivity contribution in [3.63, 3.8) is 0 Å². The van der Waals surface area contributed by atoms with Gasteiger partial charge in [0.15, 0.2) is 6.10 Å². The molecule has 0 aromatic heterocycles. The van der Waals surface area contributed by atoms with Crippen LogP contribution in [0, 0.1) is 0 Å². The number of hydrogen-bond donors (Lipinski definition) is 2. The summed E-state index contributed by atoms with van der Waals surface area (Å²) < 4.78 is 6.59. The van der Waals surface area contributed by atoms with Crippen LogP contribution in [0.15, 0.2) is 28.7 Å². The Bertz CT molecular complexity index is 459. The van der Waals surface area contributed by atoms with Crippen molar-refractivity contribution in [2.24, 2.45) is 5.73 Å². The van der Waals surface area contributed by atoms with Crippen LogP contribution in [0.2, 0.25) is 0 Å². The van der Waals surface area contributed by atoms with Gasteiger partial charge in [-0.05, 0) is 50.8 Å². The zero-order valence-electron chi connectivity index (χ0n) is 11.6. The van der Waals surface area contributed by atoms with Crippen LogP contribution in [0.4, 0.5) is 0 Å². The first kappa shape index (κ1) is 15.3. The van der Waals surface area contributed by atoms with E-state index >= 15 is 0 Å². The van der Waals surface area contributed by atoms with Crippen LogP contribution in [0.3, 0.4) is 0 Å². The van der Waals surface area contributed by atoms with Crippen LogP contribution in [-0.2, 0) is 4.79 Å². The molecular weight excluding hydrogens is 320 g/mol. The van der Waals surface area contributed by atoms with Gasteiger partial charge in [-0.1, -0.05) is 22.0 Å². The summed E-state index contributed by atoms with van der Waals surface area (Å²) >= 11 is 3.38. The van der Waals surface area contributed by atoms with Crippen LogP contribution in [0.1, 0.15) is 32.6 Å². The summed E-state index contributed by atoms with van der Waals surface area (Å²) in [5, 5.41) is 3.04. The zero-order valence-corrected chi connectivity index (χ0v) is 13.2. The minimum Gasteiger partial charge on any atom is -0.481 e. The molecule has 1 unspecified atom stereocenters. The zero-order chi connectivity index (χ0) is 14.5. The maximum absolute atomic E-state index is 12.1. The van der Waals surface area contributed by atoms with Gasteiger partial charge in [-0.3, -0.25) is 4.79 Å². The van der Waals surface area contributed by atoms with Crippen molar-refractivity contribution in [3.05, 3.63) is 28.7 Å². The molecule has 1 aliphatic carbocycles. The molecule has 0 radical (unpaired) electrons. The Hall–Kier alpha value is -1.07. The van der Waals surface area contributed by atoms with E-state index in [4.69, 9.17) is 10.5 Å². The third-order valence-electron chi connectivity index (χ3n) is 3.60. The maximum Gasteiger partial charge on any atom is 0.260 e. The largest absolute Gasteiger partial charge is 0.481 e. The molecule has 0 bridgehead atoms. The smallest absolute Gasteiger partial charge is 0.260 e. The molecule has 1 aromatic rings. The second-order valence-electron chi connectivity index (χ2n) is 5.34. The number of amides is 1. The molecule has 1 saturated carbocycles. The Morgan fingerprint density at radius 3 is 2.75 bits per heavy atom. The number of nitrogens with two attached hydrogens (primary N) is 1. The van der Waals surface area contributed by atoms with E-state index in [1.165, 1.54) is 0 Å². The minimum absolute atomic E-state index is 0.0644. The number of carbonyl (C=O) groups excluding carboxylic acids is 1. The van der Waals surface area contributed by atoms with Gasteiger partial charge in [0.05, 0.1) is 0 Å². The summed E-state index contributed by atoms with van der Waals surface area (Å²) in [4.78, 5) is 12.1. The normalized spacial score (nSPS) is 23.9. The summed E-state index contributed by atoms with van der Waals surface area (Å²) in [6.45, 7) is 1.77. The van der Waals surface area contributed by atoms with Gasteiger partial charge in [-0.2, -0.15) is 0 Å². The number of nitrogens with one attached hydrogen (secondary N) is 1. The highest BCUT2D eigenvalue weighted by Gasteiger charge is 2.23. The van der Waals surface area contributed by atoms with Gasteiger partial charge < -0.3 is 15.8 Å². The predicted octanol–water partition coefficient (Wildman–Crippen LogP) is 2.60. The highest BCUT2D eigenvalue weighted by atomic mass is 79.9. The topological polar surface area (TPSA) is 64.3 Å². The SMILES string of the molecule is CC(Oc1cccc(Br)c1)C(=O)NC1CCC(N)CC1. The summed E-state index contributed by atoms with van der Waals surface area (Å²) in [6, 6.07) is 8.02. The van der Waals surface area contributed by atoms with E-state index in [-0.39, 0.29) is 11.9 Å². The van der Waals surface area contributed by atoms with Gasteiger partial charge in [-0.15, -0.1) is 0 Å². The highest BCUT2D eigenvalue weighted by Crippen LogP contribution is 2.20. The van der Waals surface area contributed by atoms with Gasteiger partial charge in [0.2, 0.25) is 0 Å². The van der Waals surface area contributed by atoms with Crippen molar-refractivity contribution < 1.29 is 9.53 Å². The molecule has 1 aromatic carbocycles. The third-order valence-corrected chi connectivity index (χ3v) is 4.09. The number of carbonyl (C=O) groups is 1. The molecule has 3 N–H and O–H groups in total. The summed E-state index contributed by atoms with van der Waals surface area (Å²) in [7, 11) is 0. The van der Waals surface area contributed by atoms with Gasteiger partial charge in [0.1, 0.15) is 5.75 Å². The minimum atomic E-state index is -0.500. The molecule has 20 heavy (non-hydrogen) atoms. The summed E-state index contributed by atoms with van der Waals surface area (Å²) in [5.74, 6) is 0.623. The van der Waals surface area contributed by atoms with Crippen LogP contribution >= 0.6 is 15.9 Å². The first-order valence-electron chi connectivity index (χ1n) is 7.03. The van der Waals surface area contributed by atoms with Gasteiger partial charge in [0, 0.05) is 16.6 Å². The second-order valence-corrected chi connectivity index (χ2v) is 6.25. The lowest BCUT2D eigenvalue weighted by molar-refractivity contribution is -0.128. The highest BCUT2D eigenvalue weighted by molar-refractivity contribution is 9.10. The van der Waals surface area contributed by atoms with E-state index in [0.717, 1.165) is 30.2 Å². The Labute approximate surface area is 128 Å². The first-order valence-corrected chi connectivity index (χ1v) is 7.82. The Kier molecular flexibility index (Phi) is 5.43. The average Bonchev–Trinajstić information content (AvgIpc) is 2.41. The van der Waals surface area contributed by atoms with E-state index in [0.29, 0.717) is 11.8 Å². The van der Waals surface area contributed by atoms with Crippen molar-refractivity contribution in [2.45, 2.75) is 50.8 Å². The Morgan fingerprint density at radius 1 is 1.40 bits per heavy atom. The second kappa shape index (κ2) is 7.09. The molecule has 0 heterocycles. The molecule has 1 atom stereocenters. The standard InChI is InChI=1S/C15H21BrN2O2/c1-10(20-14-4-2-3-11(16)9-14)15(19)18-13-7-5-12(17)6-8-13/h2-4,9-10,12-13H,5-8,17H2,1H3,(H,18,19).